The molecule has 0 saturated heterocycles. The Morgan fingerprint density at radius 2 is 1.83 bits per heavy atom. The fraction of sp³-hybridized carbons (Fsp3) is 0.148. The standard InChI is InChI=1S/C27H22ClF2N3O2/c1-17(34)15-23-26(27(35)33(32-23)24-13-3-2-10-20(24)28)19(25-21(29)11-5-12-22(25)30)9-4-7-18-8-6-14-31-16-18/h2-3,5-6,8,10-16,32H,4,7,9H2,1H3. The Kier molecular flexibility index (Phi) is 7.36. The lowest BCUT2D eigenvalue weighted by molar-refractivity contribution is -0.111. The normalized spacial score (nSPS) is 12.6. The van der Waals surface area contributed by atoms with Crippen molar-refractivity contribution in [3.63, 3.8) is 0 Å². The predicted octanol–water partition coefficient (Wildman–Crippen LogP) is 4.08. The van der Waals surface area contributed by atoms with Gasteiger partial charge in [-0.1, -0.05) is 35.9 Å². The molecule has 8 heteroatoms. The van der Waals surface area contributed by atoms with Gasteiger partial charge in [0.15, 0.2) is 5.78 Å². The Hall–Kier alpha value is -3.84. The highest BCUT2D eigenvalue weighted by atomic mass is 35.5. The number of Topliss-reactive ketones (excluding diaryl/α,β-unsaturated/α-hetero) is 1. The summed E-state index contributed by atoms with van der Waals surface area (Å²) in [6.45, 7) is 1.33. The molecule has 0 bridgehead atoms. The minimum Gasteiger partial charge on any atom is -0.295 e. The van der Waals surface area contributed by atoms with Gasteiger partial charge in [0.25, 0.3) is 5.56 Å². The third-order valence-electron chi connectivity index (χ3n) is 5.54. The molecule has 4 rings (SSSR count). The molecule has 0 amide bonds. The van der Waals surface area contributed by atoms with Crippen LogP contribution in [0.3, 0.4) is 0 Å². The lowest BCUT2D eigenvalue weighted by atomic mass is 9.96. The van der Waals surface area contributed by atoms with Crippen molar-refractivity contribution in [2.45, 2.75) is 26.2 Å². The van der Waals surface area contributed by atoms with Crippen LogP contribution in [0.25, 0.3) is 17.3 Å². The quantitative estimate of drug-likeness (QED) is 0.422. The molecule has 2 heterocycles. The lowest BCUT2D eigenvalue weighted by Gasteiger charge is -2.10. The summed E-state index contributed by atoms with van der Waals surface area (Å²) in [6, 6.07) is 14.0. The number of para-hydroxylation sites is 1. The van der Waals surface area contributed by atoms with Crippen molar-refractivity contribution >= 4 is 29.0 Å². The monoisotopic (exact) mass is 493 g/mol. The number of benzene rings is 2. The first-order valence-electron chi connectivity index (χ1n) is 11.0. The van der Waals surface area contributed by atoms with Crippen LogP contribution in [0.2, 0.25) is 5.02 Å². The molecule has 4 aromatic rings. The molecule has 0 aliphatic carbocycles. The van der Waals surface area contributed by atoms with Crippen LogP contribution >= 0.6 is 11.6 Å². The van der Waals surface area contributed by atoms with Crippen LogP contribution in [0.15, 0.2) is 71.8 Å². The number of nitrogens with zero attached hydrogens (tertiary/aromatic N) is 2. The van der Waals surface area contributed by atoms with E-state index < -0.39 is 17.2 Å². The number of nitrogens with one attached hydrogen (secondary N) is 1. The van der Waals surface area contributed by atoms with Gasteiger partial charge in [-0.15, -0.1) is 0 Å². The van der Waals surface area contributed by atoms with E-state index in [0.717, 1.165) is 17.7 Å². The van der Waals surface area contributed by atoms with Gasteiger partial charge in [0.1, 0.15) is 11.6 Å². The van der Waals surface area contributed by atoms with Crippen molar-refractivity contribution in [3.8, 4) is 5.69 Å². The largest absolute Gasteiger partial charge is 0.295 e. The van der Waals surface area contributed by atoms with Crippen LogP contribution in [0.1, 0.15) is 30.9 Å². The van der Waals surface area contributed by atoms with Crippen molar-refractivity contribution in [2.75, 3.05) is 0 Å². The summed E-state index contributed by atoms with van der Waals surface area (Å²) in [4.78, 5) is 29.8. The number of ketones is 1. The Balaban J connectivity index is 2.00. The second-order valence-corrected chi connectivity index (χ2v) is 8.44. The highest BCUT2D eigenvalue weighted by Crippen LogP contribution is 2.24. The van der Waals surface area contributed by atoms with E-state index in [-0.39, 0.29) is 33.9 Å². The van der Waals surface area contributed by atoms with Crippen LogP contribution in [0, 0.1) is 11.6 Å². The van der Waals surface area contributed by atoms with Gasteiger partial charge < -0.3 is 0 Å². The number of carbonyl (C=O) groups is 1. The van der Waals surface area contributed by atoms with Gasteiger partial charge in [0.2, 0.25) is 0 Å². The van der Waals surface area contributed by atoms with Crippen LogP contribution in [-0.2, 0) is 11.2 Å². The van der Waals surface area contributed by atoms with Crippen molar-refractivity contribution < 1.29 is 13.6 Å². The Morgan fingerprint density at radius 3 is 2.49 bits per heavy atom. The molecule has 0 radical (unpaired) electrons. The third kappa shape index (κ3) is 5.30. The number of aromatic nitrogens is 3. The van der Waals surface area contributed by atoms with Gasteiger partial charge in [-0.25, -0.2) is 13.5 Å². The number of rotatable bonds is 7. The van der Waals surface area contributed by atoms with Gasteiger partial charge in [0.05, 0.1) is 26.8 Å². The molecular formula is C27H22ClF2N3O2. The van der Waals surface area contributed by atoms with Crippen LogP contribution in [0.5, 0.6) is 0 Å². The van der Waals surface area contributed by atoms with E-state index >= 15 is 0 Å². The fourth-order valence-corrected chi connectivity index (χ4v) is 4.25. The molecule has 1 N–H and O–H groups in total. The molecule has 0 unspecified atom stereocenters. The van der Waals surface area contributed by atoms with Gasteiger partial charge in [-0.05, 0) is 67.7 Å². The highest BCUT2D eigenvalue weighted by molar-refractivity contribution is 6.32. The number of hydrogen-bond acceptors (Lipinski definition) is 3. The number of H-pyrrole nitrogens is 1. The molecule has 35 heavy (non-hydrogen) atoms. The maximum atomic E-state index is 15.0. The zero-order chi connectivity index (χ0) is 24.9. The average molecular weight is 494 g/mol. The van der Waals surface area contributed by atoms with Gasteiger partial charge in [-0.2, -0.15) is 0 Å². The third-order valence-corrected chi connectivity index (χ3v) is 5.86. The predicted molar refractivity (Wildman–Crippen MR) is 132 cm³/mol. The highest BCUT2D eigenvalue weighted by Gasteiger charge is 2.19. The molecule has 0 aliphatic heterocycles. The number of aromatic amines is 1. The molecule has 0 fully saturated rings. The SMILES string of the molecule is CC(=O)C=c1[nH]n(-c2ccccc2Cl)c(=O)c1=C(CCCc1cccnc1)c1c(F)cccc1F. The first kappa shape index (κ1) is 24.3. The molecule has 2 aromatic carbocycles. The van der Waals surface area contributed by atoms with E-state index in [1.165, 1.54) is 23.7 Å². The molecule has 5 nitrogen and oxygen atoms in total. The van der Waals surface area contributed by atoms with Crippen molar-refractivity contribution in [3.05, 3.63) is 116 Å². The van der Waals surface area contributed by atoms with Gasteiger partial charge in [0, 0.05) is 18.5 Å². The fourth-order valence-electron chi connectivity index (χ4n) is 4.03. The van der Waals surface area contributed by atoms with Crippen LogP contribution in [0.4, 0.5) is 8.78 Å². The Bertz CT molecular complexity index is 1540. The number of hydrogen-bond donors (Lipinski definition) is 1. The van der Waals surface area contributed by atoms with E-state index in [1.54, 1.807) is 36.7 Å². The molecule has 0 spiro atoms. The van der Waals surface area contributed by atoms with E-state index in [4.69, 9.17) is 11.6 Å². The second kappa shape index (κ2) is 10.6. The van der Waals surface area contributed by atoms with E-state index in [0.29, 0.717) is 23.6 Å². The maximum Gasteiger partial charge on any atom is 0.279 e. The van der Waals surface area contributed by atoms with E-state index in [1.807, 2.05) is 12.1 Å². The number of pyridine rings is 1. The second-order valence-electron chi connectivity index (χ2n) is 8.04. The lowest BCUT2D eigenvalue weighted by Crippen LogP contribution is -2.38. The molecule has 0 saturated carbocycles. The smallest absolute Gasteiger partial charge is 0.279 e. The van der Waals surface area contributed by atoms with Crippen molar-refractivity contribution in [1.29, 1.82) is 0 Å². The summed E-state index contributed by atoms with van der Waals surface area (Å²) >= 11 is 6.31. The molecular weight excluding hydrogens is 472 g/mol. The summed E-state index contributed by atoms with van der Waals surface area (Å²) < 4.78 is 31.1. The summed E-state index contributed by atoms with van der Waals surface area (Å²) in [5, 5.41) is 3.38. The zero-order valence-corrected chi connectivity index (χ0v) is 19.7. The number of halogens is 3. The Labute approximate surface area is 205 Å². The van der Waals surface area contributed by atoms with Gasteiger partial charge >= 0.3 is 0 Å². The number of carbonyl (C=O) groups excluding carboxylic acids is 1. The molecule has 0 aliphatic rings. The van der Waals surface area contributed by atoms with Crippen LogP contribution in [-0.4, -0.2) is 20.5 Å². The molecule has 2 aromatic heterocycles. The average Bonchev–Trinajstić information content (AvgIpc) is 3.13. The summed E-state index contributed by atoms with van der Waals surface area (Å²) in [6.07, 6.45) is 5.88. The first-order valence-corrected chi connectivity index (χ1v) is 11.4. The van der Waals surface area contributed by atoms with Gasteiger partial charge in [-0.3, -0.25) is 19.7 Å². The van der Waals surface area contributed by atoms with Crippen molar-refractivity contribution in [2.24, 2.45) is 0 Å². The summed E-state index contributed by atoms with van der Waals surface area (Å²) in [5.41, 5.74) is 0.624. The van der Waals surface area contributed by atoms with E-state index in [2.05, 4.69) is 10.1 Å². The minimum atomic E-state index is -0.792. The maximum absolute atomic E-state index is 15.0. The summed E-state index contributed by atoms with van der Waals surface area (Å²) in [5.74, 6) is -1.91. The number of aryl methyl sites for hydroxylation is 1. The molecule has 178 valence electrons. The van der Waals surface area contributed by atoms with E-state index in [9.17, 15) is 18.4 Å². The summed E-state index contributed by atoms with van der Waals surface area (Å²) in [7, 11) is 0. The zero-order valence-electron chi connectivity index (χ0n) is 18.9. The minimum absolute atomic E-state index is 0.0234. The molecule has 0 atom stereocenters. The Morgan fingerprint density at radius 1 is 1.09 bits per heavy atom. The topological polar surface area (TPSA) is 67.8 Å². The van der Waals surface area contributed by atoms with Crippen LogP contribution < -0.4 is 16.1 Å². The first-order chi connectivity index (χ1) is 16.9. The van der Waals surface area contributed by atoms with Crippen molar-refractivity contribution in [1.82, 2.24) is 14.8 Å².